The number of hydrogen-bond acceptors (Lipinski definition) is 4. The van der Waals surface area contributed by atoms with Crippen LogP contribution in [0.1, 0.15) is 44.9 Å². The molecule has 0 aromatic carbocycles. The van der Waals surface area contributed by atoms with Gasteiger partial charge < -0.3 is 9.64 Å². The zero-order chi connectivity index (χ0) is 13.9. The number of fused-ring (bicyclic) bond motifs is 1. The van der Waals surface area contributed by atoms with E-state index in [1.54, 1.807) is 0 Å². The van der Waals surface area contributed by atoms with Crippen molar-refractivity contribution in [2.45, 2.75) is 57.6 Å². The summed E-state index contributed by atoms with van der Waals surface area (Å²) in [5.41, 5.74) is 0. The Morgan fingerprint density at radius 2 is 2.20 bits per heavy atom. The normalized spacial score (nSPS) is 26.4. The molecule has 0 N–H and O–H groups in total. The lowest BCUT2D eigenvalue weighted by Gasteiger charge is -2.44. The summed E-state index contributed by atoms with van der Waals surface area (Å²) in [7, 11) is 0. The number of anilines is 1. The first-order valence-corrected chi connectivity index (χ1v) is 8.07. The van der Waals surface area contributed by atoms with Gasteiger partial charge >= 0.3 is 0 Å². The Morgan fingerprint density at radius 3 is 3.05 bits per heavy atom. The maximum absolute atomic E-state index is 6.17. The molecule has 1 aromatic rings. The Morgan fingerprint density at radius 1 is 1.35 bits per heavy atom. The molecule has 0 amide bonds. The van der Waals surface area contributed by atoms with Gasteiger partial charge in [0.2, 0.25) is 0 Å². The van der Waals surface area contributed by atoms with Gasteiger partial charge in [0, 0.05) is 19.0 Å². The molecule has 5 heteroatoms. The molecule has 0 radical (unpaired) electrons. The second-order valence-corrected chi connectivity index (χ2v) is 6.06. The van der Waals surface area contributed by atoms with Crippen molar-refractivity contribution in [2.24, 2.45) is 0 Å². The summed E-state index contributed by atoms with van der Waals surface area (Å²) >= 11 is 6.17. The molecule has 0 spiro atoms. The summed E-state index contributed by atoms with van der Waals surface area (Å²) in [6, 6.07) is 2.36. The first kappa shape index (κ1) is 14.1. The third-order valence-corrected chi connectivity index (χ3v) is 4.42. The fraction of sp³-hybridized carbons (Fsp3) is 0.733. The van der Waals surface area contributed by atoms with Crippen LogP contribution in [0.4, 0.5) is 5.82 Å². The number of rotatable bonds is 3. The van der Waals surface area contributed by atoms with Crippen LogP contribution in [0.2, 0.25) is 5.15 Å². The van der Waals surface area contributed by atoms with E-state index in [1.807, 2.05) is 6.07 Å². The Kier molecular flexibility index (Phi) is 4.41. The van der Waals surface area contributed by atoms with Gasteiger partial charge in [-0.2, -0.15) is 0 Å². The molecule has 2 heterocycles. The topological polar surface area (TPSA) is 38.2 Å². The van der Waals surface area contributed by atoms with E-state index in [9.17, 15) is 0 Å². The van der Waals surface area contributed by atoms with Crippen LogP contribution in [0, 0.1) is 0 Å². The molecule has 20 heavy (non-hydrogen) atoms. The largest absolute Gasteiger partial charge is 0.374 e. The predicted molar refractivity (Wildman–Crippen MR) is 80.4 cm³/mol. The number of aromatic nitrogens is 2. The van der Waals surface area contributed by atoms with Crippen LogP contribution < -0.4 is 4.90 Å². The molecule has 1 aliphatic heterocycles. The summed E-state index contributed by atoms with van der Waals surface area (Å²) in [6.45, 7) is 3.82. The minimum absolute atomic E-state index is 0.362. The standard InChI is InChI=1S/C15H22ClN3O/c1-2-5-14-17-13(16)10-15(18-14)19-8-9-20-12-7-4-3-6-11(12)19/h10-12H,2-9H2,1H3. The van der Waals surface area contributed by atoms with Crippen LogP contribution in [-0.4, -0.2) is 35.3 Å². The van der Waals surface area contributed by atoms with Gasteiger partial charge in [-0.25, -0.2) is 9.97 Å². The average Bonchev–Trinajstić information content (AvgIpc) is 2.46. The molecule has 4 nitrogen and oxygen atoms in total. The van der Waals surface area contributed by atoms with Gasteiger partial charge in [-0.3, -0.25) is 0 Å². The van der Waals surface area contributed by atoms with Gasteiger partial charge in [0.1, 0.15) is 16.8 Å². The molecule has 2 aliphatic rings. The molecular weight excluding hydrogens is 274 g/mol. The molecule has 2 fully saturated rings. The third kappa shape index (κ3) is 2.91. The number of halogens is 1. The highest BCUT2D eigenvalue weighted by Crippen LogP contribution is 2.31. The van der Waals surface area contributed by atoms with E-state index >= 15 is 0 Å². The van der Waals surface area contributed by atoms with E-state index in [2.05, 4.69) is 16.8 Å². The van der Waals surface area contributed by atoms with Gasteiger partial charge in [0.05, 0.1) is 18.8 Å². The van der Waals surface area contributed by atoms with E-state index in [4.69, 9.17) is 21.3 Å². The number of morpholine rings is 1. The maximum atomic E-state index is 6.17. The average molecular weight is 296 g/mol. The fourth-order valence-electron chi connectivity index (χ4n) is 3.32. The zero-order valence-electron chi connectivity index (χ0n) is 12.0. The molecular formula is C15H22ClN3O. The number of ether oxygens (including phenoxy) is 1. The second kappa shape index (κ2) is 6.27. The predicted octanol–water partition coefficient (Wildman–Crippen LogP) is 3.23. The van der Waals surface area contributed by atoms with Gasteiger partial charge in [-0.15, -0.1) is 0 Å². The van der Waals surface area contributed by atoms with Crippen molar-refractivity contribution in [3.8, 4) is 0 Å². The Balaban J connectivity index is 1.86. The van der Waals surface area contributed by atoms with E-state index < -0.39 is 0 Å². The molecule has 1 saturated heterocycles. The summed E-state index contributed by atoms with van der Waals surface area (Å²) in [6.07, 6.45) is 7.20. The van der Waals surface area contributed by atoms with Crippen LogP contribution in [-0.2, 0) is 11.2 Å². The quantitative estimate of drug-likeness (QED) is 0.803. The Bertz CT molecular complexity index is 466. The summed E-state index contributed by atoms with van der Waals surface area (Å²) in [5, 5.41) is 0.553. The lowest BCUT2D eigenvalue weighted by Crippen LogP contribution is -2.53. The first-order chi connectivity index (χ1) is 9.78. The molecule has 2 atom stereocenters. The highest BCUT2D eigenvalue weighted by Gasteiger charge is 2.35. The van der Waals surface area contributed by atoms with E-state index in [0.717, 1.165) is 37.6 Å². The van der Waals surface area contributed by atoms with Crippen LogP contribution in [0.5, 0.6) is 0 Å². The van der Waals surface area contributed by atoms with Crippen molar-refractivity contribution in [1.29, 1.82) is 0 Å². The Labute approximate surface area is 125 Å². The van der Waals surface area contributed by atoms with Crippen LogP contribution in [0.3, 0.4) is 0 Å². The zero-order valence-corrected chi connectivity index (χ0v) is 12.8. The molecule has 1 aliphatic carbocycles. The second-order valence-electron chi connectivity index (χ2n) is 5.67. The lowest BCUT2D eigenvalue weighted by atomic mass is 9.90. The maximum Gasteiger partial charge on any atom is 0.134 e. The van der Waals surface area contributed by atoms with Crippen LogP contribution >= 0.6 is 11.6 Å². The Hall–Kier alpha value is -0.870. The van der Waals surface area contributed by atoms with Crippen molar-refractivity contribution in [3.63, 3.8) is 0 Å². The van der Waals surface area contributed by atoms with E-state index in [0.29, 0.717) is 17.3 Å². The third-order valence-electron chi connectivity index (χ3n) is 4.23. The highest BCUT2D eigenvalue weighted by molar-refractivity contribution is 6.29. The first-order valence-electron chi connectivity index (χ1n) is 7.69. The summed E-state index contributed by atoms with van der Waals surface area (Å²) < 4.78 is 5.92. The van der Waals surface area contributed by atoms with Gasteiger partial charge in [0.25, 0.3) is 0 Å². The number of nitrogens with zero attached hydrogens (tertiary/aromatic N) is 3. The minimum Gasteiger partial charge on any atom is -0.374 e. The van der Waals surface area contributed by atoms with Crippen molar-refractivity contribution in [3.05, 3.63) is 17.0 Å². The van der Waals surface area contributed by atoms with Crippen molar-refractivity contribution in [1.82, 2.24) is 9.97 Å². The van der Waals surface area contributed by atoms with E-state index in [-0.39, 0.29) is 0 Å². The number of aryl methyl sites for hydroxylation is 1. The SMILES string of the molecule is CCCc1nc(Cl)cc(N2CCOC3CCCCC32)n1. The number of hydrogen-bond donors (Lipinski definition) is 0. The van der Waals surface area contributed by atoms with Gasteiger partial charge in [0.15, 0.2) is 0 Å². The molecule has 2 unspecified atom stereocenters. The molecule has 0 bridgehead atoms. The summed E-state index contributed by atoms with van der Waals surface area (Å²) in [5.74, 6) is 1.84. The fourth-order valence-corrected chi connectivity index (χ4v) is 3.51. The van der Waals surface area contributed by atoms with Crippen LogP contribution in [0.15, 0.2) is 6.07 Å². The van der Waals surface area contributed by atoms with Gasteiger partial charge in [-0.1, -0.05) is 31.4 Å². The smallest absolute Gasteiger partial charge is 0.134 e. The molecule has 110 valence electrons. The molecule has 3 rings (SSSR count). The monoisotopic (exact) mass is 295 g/mol. The van der Waals surface area contributed by atoms with Gasteiger partial charge in [-0.05, 0) is 19.3 Å². The minimum atomic E-state index is 0.362. The highest BCUT2D eigenvalue weighted by atomic mass is 35.5. The molecule has 1 saturated carbocycles. The van der Waals surface area contributed by atoms with Crippen molar-refractivity contribution >= 4 is 17.4 Å². The van der Waals surface area contributed by atoms with Crippen LogP contribution in [0.25, 0.3) is 0 Å². The van der Waals surface area contributed by atoms with E-state index in [1.165, 1.54) is 25.7 Å². The molecule has 1 aromatic heterocycles. The lowest BCUT2D eigenvalue weighted by molar-refractivity contribution is -0.00901. The van der Waals surface area contributed by atoms with Crippen molar-refractivity contribution in [2.75, 3.05) is 18.1 Å². The van der Waals surface area contributed by atoms with Crippen molar-refractivity contribution < 1.29 is 4.74 Å². The summed E-state index contributed by atoms with van der Waals surface area (Å²) in [4.78, 5) is 11.4.